The highest BCUT2D eigenvalue weighted by Gasteiger charge is 2.46. The maximum absolute atomic E-state index is 13.4. The number of likely N-dealkylation sites (tertiary alicyclic amines) is 1. The SMILES string of the molecule is C=CCOc1ccc(/C(O)=C2\C(=O)C(=O)N(Cc3cccnc3)C2c2ccc(C(C)(C)C)cc2)c(C)c1. The third-order valence-corrected chi connectivity index (χ3v) is 6.53. The van der Waals surface area contributed by atoms with E-state index < -0.39 is 17.7 Å². The number of pyridine rings is 1. The first-order chi connectivity index (χ1) is 17.6. The molecule has 190 valence electrons. The van der Waals surface area contributed by atoms with Crippen LogP contribution in [0.5, 0.6) is 5.75 Å². The molecule has 3 aromatic rings. The third-order valence-electron chi connectivity index (χ3n) is 6.53. The molecule has 0 radical (unpaired) electrons. The monoisotopic (exact) mass is 496 g/mol. The second-order valence-corrected chi connectivity index (χ2v) is 10.2. The van der Waals surface area contributed by atoms with Gasteiger partial charge in [-0.1, -0.05) is 63.8 Å². The van der Waals surface area contributed by atoms with Crippen LogP contribution in [0.15, 0.2) is 85.2 Å². The minimum absolute atomic E-state index is 0.0530. The van der Waals surface area contributed by atoms with Crippen LogP contribution < -0.4 is 4.74 Å². The first-order valence-corrected chi connectivity index (χ1v) is 12.2. The van der Waals surface area contributed by atoms with Crippen LogP contribution in [0.25, 0.3) is 5.76 Å². The second kappa shape index (κ2) is 10.4. The van der Waals surface area contributed by atoms with Gasteiger partial charge in [0.05, 0.1) is 11.6 Å². The van der Waals surface area contributed by atoms with Crippen molar-refractivity contribution in [1.29, 1.82) is 0 Å². The molecule has 1 atom stereocenters. The molecule has 37 heavy (non-hydrogen) atoms. The van der Waals surface area contributed by atoms with E-state index in [2.05, 4.69) is 32.3 Å². The summed E-state index contributed by atoms with van der Waals surface area (Å²) in [7, 11) is 0. The Kier molecular flexibility index (Phi) is 7.30. The van der Waals surface area contributed by atoms with Crippen LogP contribution in [0.4, 0.5) is 0 Å². The number of aliphatic hydroxyl groups excluding tert-OH is 1. The number of Topliss-reactive ketones (excluding diaryl/α,β-unsaturated/α-hetero) is 1. The number of benzene rings is 2. The van der Waals surface area contributed by atoms with Gasteiger partial charge in [-0.25, -0.2) is 0 Å². The molecule has 1 aliphatic rings. The fraction of sp³-hybridized carbons (Fsp3) is 0.258. The lowest BCUT2D eigenvalue weighted by atomic mass is 9.85. The molecule has 1 unspecified atom stereocenters. The van der Waals surface area contributed by atoms with Gasteiger partial charge in [-0.3, -0.25) is 14.6 Å². The Bertz CT molecular complexity index is 1350. The minimum Gasteiger partial charge on any atom is -0.507 e. The fourth-order valence-corrected chi connectivity index (χ4v) is 4.54. The van der Waals surface area contributed by atoms with Crippen molar-refractivity contribution >= 4 is 17.4 Å². The maximum atomic E-state index is 13.4. The highest BCUT2D eigenvalue weighted by Crippen LogP contribution is 2.41. The number of aliphatic hydroxyl groups is 1. The van der Waals surface area contributed by atoms with E-state index in [-0.39, 0.29) is 23.3 Å². The molecular formula is C31H32N2O4. The molecule has 1 aromatic heterocycles. The van der Waals surface area contributed by atoms with Crippen molar-refractivity contribution in [2.45, 2.75) is 45.7 Å². The Balaban J connectivity index is 1.83. The standard InChI is InChI=1S/C31H32N2O4/c1-6-16-37-24-13-14-25(20(2)17-24)28(34)26-27(22-9-11-23(12-10-22)31(3,4)5)33(30(36)29(26)35)19-21-8-7-15-32-18-21/h6-15,17-18,27,34H,1,16,19H2,2-5H3/b28-26+. The fourth-order valence-electron chi connectivity index (χ4n) is 4.54. The van der Waals surface area contributed by atoms with Crippen LogP contribution in [0.3, 0.4) is 0 Å². The number of carbonyl (C=O) groups excluding carboxylic acids is 2. The Hall–Kier alpha value is -4.19. The molecule has 6 heteroatoms. The predicted octanol–water partition coefficient (Wildman–Crippen LogP) is 5.87. The average Bonchev–Trinajstić information content (AvgIpc) is 3.12. The van der Waals surface area contributed by atoms with Crippen molar-refractivity contribution in [2.75, 3.05) is 6.61 Å². The van der Waals surface area contributed by atoms with Gasteiger partial charge in [0.2, 0.25) is 0 Å². The molecule has 1 aliphatic heterocycles. The summed E-state index contributed by atoms with van der Waals surface area (Å²) in [6.45, 7) is 12.4. The first kappa shape index (κ1) is 25.9. The molecule has 1 N–H and O–H groups in total. The summed E-state index contributed by atoms with van der Waals surface area (Å²) in [4.78, 5) is 32.3. The second-order valence-electron chi connectivity index (χ2n) is 10.2. The van der Waals surface area contributed by atoms with Crippen molar-refractivity contribution in [3.05, 3.63) is 113 Å². The number of hydrogen-bond acceptors (Lipinski definition) is 5. The van der Waals surface area contributed by atoms with Gasteiger partial charge in [0.15, 0.2) is 0 Å². The number of rotatable bonds is 7. The highest BCUT2D eigenvalue weighted by atomic mass is 16.5. The lowest BCUT2D eigenvalue weighted by molar-refractivity contribution is -0.140. The summed E-state index contributed by atoms with van der Waals surface area (Å²) < 4.78 is 5.60. The topological polar surface area (TPSA) is 79.7 Å². The molecule has 0 spiro atoms. The number of ketones is 1. The van der Waals surface area contributed by atoms with Gasteiger partial charge in [0.1, 0.15) is 18.1 Å². The van der Waals surface area contributed by atoms with Crippen molar-refractivity contribution in [3.63, 3.8) is 0 Å². The first-order valence-electron chi connectivity index (χ1n) is 12.2. The van der Waals surface area contributed by atoms with Gasteiger partial charge in [0.25, 0.3) is 11.7 Å². The highest BCUT2D eigenvalue weighted by molar-refractivity contribution is 6.46. The number of amides is 1. The lowest BCUT2D eigenvalue weighted by Gasteiger charge is -2.26. The molecule has 1 amide bonds. The van der Waals surface area contributed by atoms with Gasteiger partial charge < -0.3 is 14.7 Å². The van der Waals surface area contributed by atoms with Crippen molar-refractivity contribution < 1.29 is 19.4 Å². The van der Waals surface area contributed by atoms with Gasteiger partial charge in [0, 0.05) is 24.5 Å². The Morgan fingerprint density at radius 1 is 1.14 bits per heavy atom. The maximum Gasteiger partial charge on any atom is 0.295 e. The van der Waals surface area contributed by atoms with Crippen molar-refractivity contribution in [2.24, 2.45) is 0 Å². The summed E-state index contributed by atoms with van der Waals surface area (Å²) in [5, 5.41) is 11.5. The van der Waals surface area contributed by atoms with E-state index >= 15 is 0 Å². The number of aryl methyl sites for hydroxylation is 1. The molecular weight excluding hydrogens is 464 g/mol. The number of ether oxygens (including phenoxy) is 1. The molecule has 6 nitrogen and oxygen atoms in total. The van der Waals surface area contributed by atoms with Gasteiger partial charge in [-0.15, -0.1) is 0 Å². The largest absolute Gasteiger partial charge is 0.507 e. The van der Waals surface area contributed by atoms with E-state index in [0.717, 1.165) is 22.3 Å². The summed E-state index contributed by atoms with van der Waals surface area (Å²) in [6, 6.07) is 16.0. The molecule has 2 heterocycles. The summed E-state index contributed by atoms with van der Waals surface area (Å²) in [6.07, 6.45) is 4.98. The number of hydrogen-bond donors (Lipinski definition) is 1. The number of carbonyl (C=O) groups is 2. The van der Waals surface area contributed by atoms with Crippen LogP contribution in [0, 0.1) is 6.92 Å². The van der Waals surface area contributed by atoms with Crippen LogP contribution in [0.1, 0.15) is 54.6 Å². The van der Waals surface area contributed by atoms with Crippen molar-refractivity contribution in [1.82, 2.24) is 9.88 Å². The Morgan fingerprint density at radius 3 is 2.46 bits per heavy atom. The van der Waals surface area contributed by atoms with Gasteiger partial charge in [-0.05, 0) is 58.9 Å². The zero-order chi connectivity index (χ0) is 26.7. The van der Waals surface area contributed by atoms with Crippen LogP contribution >= 0.6 is 0 Å². The van der Waals surface area contributed by atoms with Gasteiger partial charge >= 0.3 is 0 Å². The van der Waals surface area contributed by atoms with Crippen LogP contribution in [0.2, 0.25) is 0 Å². The molecule has 1 fully saturated rings. The molecule has 2 aromatic carbocycles. The smallest absolute Gasteiger partial charge is 0.295 e. The third kappa shape index (κ3) is 5.33. The predicted molar refractivity (Wildman–Crippen MR) is 144 cm³/mol. The van der Waals surface area contributed by atoms with E-state index in [0.29, 0.717) is 17.9 Å². The van der Waals surface area contributed by atoms with E-state index in [9.17, 15) is 14.7 Å². The van der Waals surface area contributed by atoms with Gasteiger partial charge in [-0.2, -0.15) is 0 Å². The normalized spacial score (nSPS) is 17.2. The molecule has 0 bridgehead atoms. The minimum atomic E-state index is -0.745. The zero-order valence-electron chi connectivity index (χ0n) is 21.7. The molecule has 0 aliphatic carbocycles. The van der Waals surface area contributed by atoms with Crippen LogP contribution in [-0.2, 0) is 21.5 Å². The summed E-state index contributed by atoms with van der Waals surface area (Å²) >= 11 is 0. The van der Waals surface area contributed by atoms with E-state index in [1.807, 2.05) is 37.3 Å². The molecule has 0 saturated carbocycles. The Morgan fingerprint density at radius 2 is 1.86 bits per heavy atom. The zero-order valence-corrected chi connectivity index (χ0v) is 21.7. The molecule has 1 saturated heterocycles. The average molecular weight is 497 g/mol. The van der Waals surface area contributed by atoms with E-state index in [1.54, 1.807) is 42.7 Å². The lowest BCUT2D eigenvalue weighted by Crippen LogP contribution is -2.29. The summed E-state index contributed by atoms with van der Waals surface area (Å²) in [5.41, 5.74) is 3.89. The van der Waals surface area contributed by atoms with Crippen LogP contribution in [-0.4, -0.2) is 33.3 Å². The summed E-state index contributed by atoms with van der Waals surface area (Å²) in [5.74, 6) is -0.943. The van der Waals surface area contributed by atoms with E-state index in [1.165, 1.54) is 4.90 Å². The van der Waals surface area contributed by atoms with Crippen molar-refractivity contribution in [3.8, 4) is 5.75 Å². The number of nitrogens with zero attached hydrogens (tertiary/aromatic N) is 2. The Labute approximate surface area is 217 Å². The quantitative estimate of drug-likeness (QED) is 0.191. The molecule has 4 rings (SSSR count). The van der Waals surface area contributed by atoms with E-state index in [4.69, 9.17) is 4.74 Å². The number of aromatic nitrogens is 1.